The maximum Gasteiger partial charge on any atom is 0.338 e. The Morgan fingerprint density at radius 3 is 2.19 bits per heavy atom. The normalized spacial score (nSPS) is 14.3. The van der Waals surface area contributed by atoms with Gasteiger partial charge in [-0.1, -0.05) is 74.7 Å². The fourth-order valence-corrected chi connectivity index (χ4v) is 6.79. The molecule has 4 rings (SSSR count). The summed E-state index contributed by atoms with van der Waals surface area (Å²) in [7, 11) is 0. The summed E-state index contributed by atoms with van der Waals surface area (Å²) in [6, 6.07) is 20.5. The lowest BCUT2D eigenvalue weighted by atomic mass is 9.93. The van der Waals surface area contributed by atoms with Crippen LogP contribution in [0.4, 0.5) is 5.69 Å². The Bertz CT molecular complexity index is 1520. The van der Waals surface area contributed by atoms with E-state index in [0.717, 1.165) is 17.7 Å². The van der Waals surface area contributed by atoms with Crippen molar-refractivity contribution in [3.05, 3.63) is 99.0 Å². The molecule has 0 heterocycles. The number of benzene rings is 3. The Morgan fingerprint density at radius 2 is 1.52 bits per heavy atom. The number of nitrogens with zero attached hydrogens (tertiary/aromatic N) is 2. The van der Waals surface area contributed by atoms with Crippen molar-refractivity contribution in [2.75, 3.05) is 38.6 Å². The molecular formula is C39H50BrN3O5. The van der Waals surface area contributed by atoms with Crippen LogP contribution in [0.15, 0.2) is 71.2 Å². The first kappa shape index (κ1) is 37.3. The predicted molar refractivity (Wildman–Crippen MR) is 194 cm³/mol. The molecule has 258 valence electrons. The minimum atomic E-state index is -0.529. The van der Waals surface area contributed by atoms with E-state index in [4.69, 9.17) is 15.2 Å². The Hall–Kier alpha value is -3.53. The number of hydrogen-bond acceptors (Lipinski definition) is 8. The van der Waals surface area contributed by atoms with Crippen LogP contribution in [0.3, 0.4) is 0 Å². The summed E-state index contributed by atoms with van der Waals surface area (Å²) in [6.07, 6.45) is 6.22. The van der Waals surface area contributed by atoms with Crippen LogP contribution in [-0.2, 0) is 20.8 Å². The number of halogens is 1. The lowest BCUT2D eigenvalue weighted by Gasteiger charge is -2.34. The molecule has 0 aromatic heterocycles. The van der Waals surface area contributed by atoms with Crippen molar-refractivity contribution in [3.8, 4) is 0 Å². The van der Waals surface area contributed by atoms with Crippen LogP contribution in [0.1, 0.15) is 103 Å². The summed E-state index contributed by atoms with van der Waals surface area (Å²) in [5, 5.41) is 0. The summed E-state index contributed by atoms with van der Waals surface area (Å²) in [4.78, 5) is 43.5. The fraction of sp³-hybridized carbons (Fsp3) is 0.462. The number of rotatable bonds is 16. The highest BCUT2D eigenvalue weighted by atomic mass is 79.9. The molecule has 0 radical (unpaired) electrons. The number of ether oxygens (including phenoxy) is 2. The fourth-order valence-electron chi connectivity index (χ4n) is 6.28. The van der Waals surface area contributed by atoms with Gasteiger partial charge in [-0.3, -0.25) is 19.4 Å². The molecule has 3 aromatic rings. The molecule has 2 N–H and O–H groups in total. The van der Waals surface area contributed by atoms with Gasteiger partial charge < -0.3 is 15.2 Å². The molecular weight excluding hydrogens is 670 g/mol. The van der Waals surface area contributed by atoms with Gasteiger partial charge in [-0.2, -0.15) is 0 Å². The van der Waals surface area contributed by atoms with Gasteiger partial charge in [-0.15, -0.1) is 0 Å². The highest BCUT2D eigenvalue weighted by Crippen LogP contribution is 2.30. The molecule has 1 saturated carbocycles. The molecule has 0 saturated heterocycles. The molecule has 1 unspecified atom stereocenters. The van der Waals surface area contributed by atoms with Crippen LogP contribution in [0.25, 0.3) is 0 Å². The molecule has 9 heteroatoms. The lowest BCUT2D eigenvalue weighted by molar-refractivity contribution is -0.145. The molecule has 1 aliphatic carbocycles. The smallest absolute Gasteiger partial charge is 0.338 e. The minimum Gasteiger partial charge on any atom is -0.464 e. The average molecular weight is 721 g/mol. The molecule has 1 fully saturated rings. The van der Waals surface area contributed by atoms with Crippen molar-refractivity contribution >= 4 is 39.3 Å². The van der Waals surface area contributed by atoms with Crippen molar-refractivity contribution < 1.29 is 23.9 Å². The van der Waals surface area contributed by atoms with Crippen LogP contribution in [0.5, 0.6) is 0 Å². The van der Waals surface area contributed by atoms with Crippen LogP contribution in [0.2, 0.25) is 0 Å². The molecule has 8 nitrogen and oxygen atoms in total. The van der Waals surface area contributed by atoms with E-state index in [1.807, 2.05) is 30.3 Å². The van der Waals surface area contributed by atoms with Crippen molar-refractivity contribution in [3.63, 3.8) is 0 Å². The molecule has 48 heavy (non-hydrogen) atoms. The van der Waals surface area contributed by atoms with E-state index in [9.17, 15) is 14.4 Å². The SMILES string of the molecule is CCN(Cc1cc(C(=O)OCCN(CCOC(=O)C(C)c2cccc(C(=O)c3ccccc3)c2)C(C)C)cc(Br)c1N)C1CCCCC1. The zero-order valence-corrected chi connectivity index (χ0v) is 30.3. The monoisotopic (exact) mass is 719 g/mol. The number of esters is 2. The van der Waals surface area contributed by atoms with E-state index >= 15 is 0 Å². The maximum atomic E-state index is 13.1. The summed E-state index contributed by atoms with van der Waals surface area (Å²) in [6.45, 7) is 11.1. The van der Waals surface area contributed by atoms with Gasteiger partial charge >= 0.3 is 11.9 Å². The van der Waals surface area contributed by atoms with Gasteiger partial charge in [0.1, 0.15) is 13.2 Å². The van der Waals surface area contributed by atoms with Crippen molar-refractivity contribution in [2.45, 2.75) is 84.3 Å². The van der Waals surface area contributed by atoms with Gasteiger partial charge in [0.15, 0.2) is 5.78 Å². The van der Waals surface area contributed by atoms with Gasteiger partial charge in [0, 0.05) is 47.3 Å². The number of hydrogen-bond donors (Lipinski definition) is 1. The summed E-state index contributed by atoms with van der Waals surface area (Å²) >= 11 is 3.55. The first-order chi connectivity index (χ1) is 23.1. The Kier molecular flexibility index (Phi) is 14.2. The van der Waals surface area contributed by atoms with Crippen molar-refractivity contribution in [2.24, 2.45) is 0 Å². The Labute approximate surface area is 294 Å². The standard InChI is InChI=1S/C39H50BrN3O5/c1-5-42(34-17-10-7-11-18-34)26-33-24-32(25-35(40)36(33)41)39(46)48-22-20-43(27(2)3)19-21-47-38(45)28(4)30-15-12-16-31(23-30)37(44)29-13-8-6-9-14-29/h6,8-9,12-16,23-25,27-28,34H,5,7,10-11,17-22,26,41H2,1-4H3. The summed E-state index contributed by atoms with van der Waals surface area (Å²) < 4.78 is 12.0. The third kappa shape index (κ3) is 10.2. The molecule has 1 aliphatic rings. The zero-order chi connectivity index (χ0) is 34.6. The second kappa shape index (κ2) is 18.3. The Morgan fingerprint density at radius 1 is 0.854 bits per heavy atom. The van der Waals surface area contributed by atoms with Gasteiger partial charge in [0.2, 0.25) is 0 Å². The van der Waals surface area contributed by atoms with Crippen molar-refractivity contribution in [1.82, 2.24) is 9.80 Å². The van der Waals surface area contributed by atoms with Crippen molar-refractivity contribution in [1.29, 1.82) is 0 Å². The van der Waals surface area contributed by atoms with Crippen LogP contribution >= 0.6 is 15.9 Å². The van der Waals surface area contributed by atoms with E-state index in [1.165, 1.54) is 32.1 Å². The minimum absolute atomic E-state index is 0.0893. The Balaban J connectivity index is 1.27. The van der Waals surface area contributed by atoms with Crippen LogP contribution < -0.4 is 5.73 Å². The van der Waals surface area contributed by atoms with Gasteiger partial charge in [0.25, 0.3) is 0 Å². The van der Waals surface area contributed by atoms with E-state index in [0.29, 0.717) is 52.5 Å². The van der Waals surface area contributed by atoms with Crippen LogP contribution in [-0.4, -0.2) is 72.5 Å². The summed E-state index contributed by atoms with van der Waals surface area (Å²) in [5.74, 6) is -1.37. The predicted octanol–water partition coefficient (Wildman–Crippen LogP) is 7.63. The lowest BCUT2D eigenvalue weighted by Crippen LogP contribution is -2.37. The second-order valence-electron chi connectivity index (χ2n) is 12.9. The second-order valence-corrected chi connectivity index (χ2v) is 13.7. The number of carbonyl (C=O) groups excluding carboxylic acids is 3. The topological polar surface area (TPSA) is 102 Å². The molecule has 0 amide bonds. The molecule has 1 atom stereocenters. The third-order valence-electron chi connectivity index (χ3n) is 9.32. The van der Waals surface area contributed by atoms with Gasteiger partial charge in [0.05, 0.1) is 17.2 Å². The largest absolute Gasteiger partial charge is 0.464 e. The average Bonchev–Trinajstić information content (AvgIpc) is 3.11. The first-order valence-electron chi connectivity index (χ1n) is 17.2. The number of anilines is 1. The third-order valence-corrected chi connectivity index (χ3v) is 9.98. The molecule has 0 aliphatic heterocycles. The highest BCUT2D eigenvalue weighted by Gasteiger charge is 2.23. The number of carbonyl (C=O) groups is 3. The number of nitrogens with two attached hydrogens (primary N) is 1. The highest BCUT2D eigenvalue weighted by molar-refractivity contribution is 9.10. The number of nitrogen functional groups attached to an aromatic ring is 1. The van der Waals surface area contributed by atoms with Gasteiger partial charge in [-0.25, -0.2) is 4.79 Å². The van der Waals surface area contributed by atoms with Gasteiger partial charge in [-0.05, 0) is 85.4 Å². The van der Waals surface area contributed by atoms with E-state index in [-0.39, 0.29) is 31.0 Å². The maximum absolute atomic E-state index is 13.1. The quantitative estimate of drug-likeness (QED) is 0.0916. The zero-order valence-electron chi connectivity index (χ0n) is 28.8. The van der Waals surface area contributed by atoms with E-state index in [2.05, 4.69) is 46.5 Å². The van der Waals surface area contributed by atoms with Crippen LogP contribution in [0, 0.1) is 0 Å². The summed E-state index contributed by atoms with van der Waals surface area (Å²) in [5.41, 5.74) is 10.3. The van der Waals surface area contributed by atoms with E-state index in [1.54, 1.807) is 43.3 Å². The molecule has 0 spiro atoms. The molecule has 3 aromatic carbocycles. The first-order valence-corrected chi connectivity index (χ1v) is 18.0. The molecule has 0 bridgehead atoms. The van der Waals surface area contributed by atoms with E-state index < -0.39 is 11.9 Å². The number of ketones is 1.